The third-order valence-electron chi connectivity index (χ3n) is 8.43. The molecule has 3 nitrogen and oxygen atoms in total. The fourth-order valence-corrected chi connectivity index (χ4v) is 6.93. The Bertz CT molecular complexity index is 1760. The average Bonchev–Trinajstić information content (AvgIpc) is 3.45. The zero-order chi connectivity index (χ0) is 22.7. The van der Waals surface area contributed by atoms with E-state index in [0.717, 1.165) is 37.2 Å². The molecular formula is C32H21N3. The zero-order valence-corrected chi connectivity index (χ0v) is 19.2. The average molecular weight is 448 g/mol. The van der Waals surface area contributed by atoms with Crippen LogP contribution in [-0.4, -0.2) is 9.97 Å². The van der Waals surface area contributed by atoms with Crippen LogP contribution >= 0.6 is 0 Å². The second-order valence-corrected chi connectivity index (χ2v) is 10.2. The number of hydrogen-bond donors (Lipinski definition) is 0. The van der Waals surface area contributed by atoms with Crippen LogP contribution in [0.25, 0.3) is 22.3 Å². The van der Waals surface area contributed by atoms with Crippen LogP contribution in [0.1, 0.15) is 44.6 Å². The highest BCUT2D eigenvalue weighted by molar-refractivity contribution is 5.92. The molecule has 0 atom stereocenters. The third kappa shape index (κ3) is 2.26. The molecule has 0 fully saturated rings. The number of anilines is 3. The zero-order valence-electron chi connectivity index (χ0n) is 19.2. The molecule has 2 aliphatic carbocycles. The molecule has 0 amide bonds. The van der Waals surface area contributed by atoms with Gasteiger partial charge in [0.25, 0.3) is 0 Å². The molecule has 2 aromatic heterocycles. The van der Waals surface area contributed by atoms with Gasteiger partial charge >= 0.3 is 0 Å². The van der Waals surface area contributed by atoms with Gasteiger partial charge in [0.1, 0.15) is 5.82 Å². The molecule has 9 rings (SSSR count). The van der Waals surface area contributed by atoms with E-state index in [2.05, 4.69) is 65.6 Å². The number of hydrogen-bond acceptors (Lipinski definition) is 3. The summed E-state index contributed by atoms with van der Waals surface area (Å²) in [4.78, 5) is 12.0. The van der Waals surface area contributed by atoms with Crippen LogP contribution in [-0.2, 0) is 25.7 Å². The fraction of sp³-hybridized carbons (Fsp3) is 0.125. The van der Waals surface area contributed by atoms with E-state index in [4.69, 9.17) is 9.97 Å². The van der Waals surface area contributed by atoms with E-state index < -0.39 is 0 Å². The van der Waals surface area contributed by atoms with Crippen LogP contribution in [0.3, 0.4) is 0 Å². The molecule has 0 saturated heterocycles. The molecule has 0 spiro atoms. The van der Waals surface area contributed by atoms with E-state index in [-0.39, 0.29) is 0 Å². The molecule has 3 aromatic carbocycles. The van der Waals surface area contributed by atoms with E-state index in [1.54, 1.807) is 0 Å². The summed E-state index contributed by atoms with van der Waals surface area (Å²) in [6, 6.07) is 24.9. The van der Waals surface area contributed by atoms with Crippen molar-refractivity contribution >= 4 is 17.2 Å². The first-order valence-electron chi connectivity index (χ1n) is 12.4. The maximum absolute atomic E-state index is 4.85. The first-order chi connectivity index (χ1) is 17.3. The lowest BCUT2D eigenvalue weighted by molar-refractivity contribution is 0.937. The summed E-state index contributed by atoms with van der Waals surface area (Å²) in [5.41, 5.74) is 19.3. The Labute approximate surface area is 203 Å². The van der Waals surface area contributed by atoms with Gasteiger partial charge in [0.2, 0.25) is 0 Å². The summed E-state index contributed by atoms with van der Waals surface area (Å²) >= 11 is 0. The van der Waals surface area contributed by atoms with E-state index in [1.807, 2.05) is 18.5 Å². The van der Waals surface area contributed by atoms with Gasteiger partial charge in [-0.15, -0.1) is 0 Å². The van der Waals surface area contributed by atoms with Gasteiger partial charge in [-0.1, -0.05) is 42.5 Å². The predicted octanol–water partition coefficient (Wildman–Crippen LogP) is 6.90. The molecule has 0 unspecified atom stereocenters. The van der Waals surface area contributed by atoms with Gasteiger partial charge in [0.15, 0.2) is 0 Å². The van der Waals surface area contributed by atoms with Crippen LogP contribution in [0.15, 0.2) is 79.1 Å². The number of rotatable bonds is 0. The van der Waals surface area contributed by atoms with E-state index in [1.165, 1.54) is 72.6 Å². The molecule has 0 saturated carbocycles. The molecule has 3 heteroatoms. The molecule has 0 radical (unpaired) electrons. The summed E-state index contributed by atoms with van der Waals surface area (Å²) in [6.07, 6.45) is 7.73. The van der Waals surface area contributed by atoms with Gasteiger partial charge < -0.3 is 0 Å². The lowest BCUT2D eigenvalue weighted by Crippen LogP contribution is -2.26. The van der Waals surface area contributed by atoms with Crippen molar-refractivity contribution in [1.82, 2.24) is 9.97 Å². The number of aromatic nitrogens is 2. The van der Waals surface area contributed by atoms with Crippen LogP contribution in [0, 0.1) is 0 Å². The Balaban J connectivity index is 1.24. The Morgan fingerprint density at radius 1 is 0.543 bits per heavy atom. The molecule has 2 aliphatic heterocycles. The van der Waals surface area contributed by atoms with Gasteiger partial charge in [0.05, 0.1) is 17.1 Å². The van der Waals surface area contributed by atoms with E-state index in [9.17, 15) is 0 Å². The standard InChI is InChI=1S/C32H21N3/c1-2-6-23-18(4-1)13-27-24(23)7-8-25-26-15-22-12-19-9-11-33-29-16-20-5-3-10-34-32(20)35(31(19)29)30(22)17-21(26)14-28(25)27/h1-11,15,17H,12-14,16H2. The predicted molar refractivity (Wildman–Crippen MR) is 139 cm³/mol. The van der Waals surface area contributed by atoms with Gasteiger partial charge in [-0.3, -0.25) is 9.88 Å². The smallest absolute Gasteiger partial charge is 0.141 e. The second-order valence-electron chi connectivity index (χ2n) is 10.2. The van der Waals surface area contributed by atoms with Crippen molar-refractivity contribution in [3.63, 3.8) is 0 Å². The number of benzene rings is 3. The lowest BCUT2D eigenvalue weighted by Gasteiger charge is -2.38. The maximum Gasteiger partial charge on any atom is 0.141 e. The van der Waals surface area contributed by atoms with E-state index >= 15 is 0 Å². The van der Waals surface area contributed by atoms with Crippen molar-refractivity contribution < 1.29 is 0 Å². The van der Waals surface area contributed by atoms with Crippen LogP contribution in [0.5, 0.6) is 0 Å². The van der Waals surface area contributed by atoms with Gasteiger partial charge in [-0.25, -0.2) is 4.98 Å². The molecular weight excluding hydrogens is 426 g/mol. The van der Waals surface area contributed by atoms with Crippen molar-refractivity contribution in [3.05, 3.63) is 124 Å². The van der Waals surface area contributed by atoms with Crippen molar-refractivity contribution in [3.8, 4) is 22.3 Å². The normalized spacial score (nSPS) is 14.9. The summed E-state index contributed by atoms with van der Waals surface area (Å²) < 4.78 is 0. The Kier molecular flexibility index (Phi) is 3.24. The number of fused-ring (bicyclic) bond motifs is 11. The quantitative estimate of drug-likeness (QED) is 0.253. The monoisotopic (exact) mass is 447 g/mol. The highest BCUT2D eigenvalue weighted by Crippen LogP contribution is 2.53. The topological polar surface area (TPSA) is 29.0 Å². The van der Waals surface area contributed by atoms with Crippen molar-refractivity contribution in [2.75, 3.05) is 4.90 Å². The summed E-state index contributed by atoms with van der Waals surface area (Å²) in [6.45, 7) is 0. The molecule has 4 aliphatic rings. The number of nitrogens with zero attached hydrogens (tertiary/aromatic N) is 3. The van der Waals surface area contributed by atoms with Crippen LogP contribution in [0.4, 0.5) is 17.2 Å². The van der Waals surface area contributed by atoms with Gasteiger partial charge in [0, 0.05) is 30.8 Å². The molecule has 5 aromatic rings. The largest absolute Gasteiger partial charge is 0.292 e. The maximum atomic E-state index is 4.85. The minimum atomic E-state index is 0.848. The Hall–Kier alpha value is -4.24. The summed E-state index contributed by atoms with van der Waals surface area (Å²) in [5.74, 6) is 1.06. The van der Waals surface area contributed by atoms with Crippen molar-refractivity contribution in [1.29, 1.82) is 0 Å². The Morgan fingerprint density at radius 3 is 2.31 bits per heavy atom. The summed E-state index contributed by atoms with van der Waals surface area (Å²) in [5, 5.41) is 0. The molecule has 4 heterocycles. The van der Waals surface area contributed by atoms with Crippen molar-refractivity contribution in [2.24, 2.45) is 0 Å². The highest BCUT2D eigenvalue weighted by atomic mass is 15.2. The highest BCUT2D eigenvalue weighted by Gasteiger charge is 2.35. The van der Waals surface area contributed by atoms with Crippen LogP contribution < -0.4 is 4.90 Å². The van der Waals surface area contributed by atoms with Crippen LogP contribution in [0.2, 0.25) is 0 Å². The molecule has 0 bridgehead atoms. The second kappa shape index (κ2) is 6.25. The summed E-state index contributed by atoms with van der Waals surface area (Å²) in [7, 11) is 0. The lowest BCUT2D eigenvalue weighted by atomic mass is 9.88. The molecule has 164 valence electrons. The molecule has 0 N–H and O–H groups in total. The SMILES string of the molecule is c1ccc2c(c1)Cc1c-2ccc2c1Cc1cc3c(cc1-2)Cc1ccnc2c1N3c1ncccc1C2. The Morgan fingerprint density at radius 2 is 1.37 bits per heavy atom. The van der Waals surface area contributed by atoms with Crippen molar-refractivity contribution in [2.45, 2.75) is 25.7 Å². The fourth-order valence-electron chi connectivity index (χ4n) is 6.93. The van der Waals surface area contributed by atoms with E-state index in [0.29, 0.717) is 0 Å². The minimum absolute atomic E-state index is 0.848. The third-order valence-corrected chi connectivity index (χ3v) is 8.43. The van der Waals surface area contributed by atoms with Gasteiger partial charge in [-0.05, 0) is 92.7 Å². The van der Waals surface area contributed by atoms with Gasteiger partial charge in [-0.2, -0.15) is 0 Å². The number of pyridine rings is 2. The minimum Gasteiger partial charge on any atom is -0.292 e. The first-order valence-corrected chi connectivity index (χ1v) is 12.4. The molecule has 35 heavy (non-hydrogen) atoms. The first kappa shape index (κ1) is 18.1.